The van der Waals surface area contributed by atoms with Crippen molar-refractivity contribution in [2.75, 3.05) is 38.2 Å². The Labute approximate surface area is 98.5 Å². The Morgan fingerprint density at radius 2 is 2.06 bits per heavy atom. The van der Waals surface area contributed by atoms with Crippen molar-refractivity contribution >= 4 is 9.84 Å². The van der Waals surface area contributed by atoms with Crippen LogP contribution in [0.5, 0.6) is 0 Å². The summed E-state index contributed by atoms with van der Waals surface area (Å²) in [6, 6.07) is 1.17. The van der Waals surface area contributed by atoms with Crippen molar-refractivity contribution in [3.8, 4) is 0 Å². The zero-order valence-electron chi connectivity index (χ0n) is 10.2. The zero-order chi connectivity index (χ0) is 11.8. The maximum Gasteiger partial charge on any atom is 0.148 e. The fourth-order valence-electron chi connectivity index (χ4n) is 2.84. The summed E-state index contributed by atoms with van der Waals surface area (Å²) in [5, 5.41) is 0. The fraction of sp³-hybridized carbons (Fsp3) is 1.00. The van der Waals surface area contributed by atoms with Crippen LogP contribution in [0.3, 0.4) is 0 Å². The average molecular weight is 246 g/mol. The highest BCUT2D eigenvalue weighted by Gasteiger charge is 2.34. The fourth-order valence-corrected chi connectivity index (χ4v) is 3.41. The lowest BCUT2D eigenvalue weighted by Crippen LogP contribution is -2.55. The van der Waals surface area contributed by atoms with E-state index in [4.69, 9.17) is 0 Å². The Morgan fingerprint density at radius 1 is 1.31 bits per heavy atom. The van der Waals surface area contributed by atoms with E-state index in [1.165, 1.54) is 25.6 Å². The Balaban J connectivity index is 1.90. The third kappa shape index (κ3) is 2.96. The predicted molar refractivity (Wildman–Crippen MR) is 65.3 cm³/mol. The molecule has 2 unspecified atom stereocenters. The number of hydrogen-bond acceptors (Lipinski definition) is 4. The number of rotatable bonds is 3. The summed E-state index contributed by atoms with van der Waals surface area (Å²) in [6.07, 6.45) is 3.91. The van der Waals surface area contributed by atoms with Crippen LogP contribution in [0.25, 0.3) is 0 Å². The Morgan fingerprint density at radius 3 is 2.75 bits per heavy atom. The third-order valence-electron chi connectivity index (χ3n) is 3.82. The first-order valence-electron chi connectivity index (χ1n) is 6.11. The summed E-state index contributed by atoms with van der Waals surface area (Å²) in [4.78, 5) is 4.90. The van der Waals surface area contributed by atoms with Gasteiger partial charge in [-0.1, -0.05) is 0 Å². The van der Waals surface area contributed by atoms with Crippen LogP contribution in [0.1, 0.15) is 19.8 Å². The van der Waals surface area contributed by atoms with Crippen LogP contribution in [-0.2, 0) is 9.84 Å². The maximum absolute atomic E-state index is 11.2. The van der Waals surface area contributed by atoms with Crippen LogP contribution in [0.15, 0.2) is 0 Å². The van der Waals surface area contributed by atoms with Crippen LogP contribution in [0.4, 0.5) is 0 Å². The molecule has 5 heteroatoms. The summed E-state index contributed by atoms with van der Waals surface area (Å²) in [6.45, 7) is 6.29. The molecule has 0 N–H and O–H groups in total. The van der Waals surface area contributed by atoms with E-state index in [-0.39, 0.29) is 0 Å². The number of hydrogen-bond donors (Lipinski definition) is 0. The molecule has 0 saturated carbocycles. The molecule has 2 aliphatic heterocycles. The van der Waals surface area contributed by atoms with E-state index >= 15 is 0 Å². The van der Waals surface area contributed by atoms with Gasteiger partial charge in [-0.2, -0.15) is 0 Å². The number of sulfone groups is 1. The minimum absolute atomic E-state index is 0.296. The molecule has 0 aromatic rings. The van der Waals surface area contributed by atoms with Crippen molar-refractivity contribution in [2.45, 2.75) is 31.8 Å². The molecule has 2 rings (SSSR count). The second kappa shape index (κ2) is 4.63. The van der Waals surface area contributed by atoms with E-state index in [1.54, 1.807) is 0 Å². The highest BCUT2D eigenvalue weighted by atomic mass is 32.2. The van der Waals surface area contributed by atoms with Gasteiger partial charge in [-0.05, 0) is 26.3 Å². The first kappa shape index (κ1) is 12.3. The molecule has 2 heterocycles. The van der Waals surface area contributed by atoms with Gasteiger partial charge in [-0.25, -0.2) is 8.42 Å². The summed E-state index contributed by atoms with van der Waals surface area (Å²) >= 11 is 0. The SMILES string of the molecule is CC1CN2CCCC2CN1CCS(C)(=O)=O. The Hall–Kier alpha value is -0.130. The molecule has 94 valence electrons. The predicted octanol–water partition coefficient (Wildman–Crippen LogP) is 0.200. The monoisotopic (exact) mass is 246 g/mol. The lowest BCUT2D eigenvalue weighted by molar-refractivity contribution is 0.0643. The first-order chi connectivity index (χ1) is 7.46. The number of piperazine rings is 1. The van der Waals surface area contributed by atoms with E-state index in [9.17, 15) is 8.42 Å². The minimum atomic E-state index is -2.82. The second-order valence-electron chi connectivity index (χ2n) is 5.26. The summed E-state index contributed by atoms with van der Waals surface area (Å²) in [5.41, 5.74) is 0. The first-order valence-corrected chi connectivity index (χ1v) is 8.17. The van der Waals surface area contributed by atoms with Crippen LogP contribution in [0.2, 0.25) is 0 Å². The highest BCUT2D eigenvalue weighted by Crippen LogP contribution is 2.24. The van der Waals surface area contributed by atoms with Crippen LogP contribution >= 0.6 is 0 Å². The molecule has 2 fully saturated rings. The molecular formula is C11H22N2O2S. The summed E-state index contributed by atoms with van der Waals surface area (Å²) in [7, 11) is -2.82. The van der Waals surface area contributed by atoms with E-state index in [0.717, 1.165) is 13.1 Å². The van der Waals surface area contributed by atoms with E-state index in [0.29, 0.717) is 24.4 Å². The van der Waals surface area contributed by atoms with Crippen molar-refractivity contribution in [3.63, 3.8) is 0 Å². The van der Waals surface area contributed by atoms with Crippen molar-refractivity contribution < 1.29 is 8.42 Å². The number of nitrogens with zero attached hydrogens (tertiary/aromatic N) is 2. The molecule has 2 atom stereocenters. The van der Waals surface area contributed by atoms with E-state index < -0.39 is 9.84 Å². The minimum Gasteiger partial charge on any atom is -0.298 e. The molecule has 0 aromatic heterocycles. The van der Waals surface area contributed by atoms with E-state index in [2.05, 4.69) is 16.7 Å². The molecule has 0 amide bonds. The lowest BCUT2D eigenvalue weighted by atomic mass is 10.1. The molecular weight excluding hydrogens is 224 g/mol. The van der Waals surface area contributed by atoms with Gasteiger partial charge < -0.3 is 0 Å². The smallest absolute Gasteiger partial charge is 0.148 e. The third-order valence-corrected chi connectivity index (χ3v) is 4.74. The zero-order valence-corrected chi connectivity index (χ0v) is 11.0. The topological polar surface area (TPSA) is 40.6 Å². The molecule has 4 nitrogen and oxygen atoms in total. The van der Waals surface area contributed by atoms with Crippen LogP contribution in [0, 0.1) is 0 Å². The molecule has 0 aromatic carbocycles. The van der Waals surface area contributed by atoms with Gasteiger partial charge in [0, 0.05) is 38.0 Å². The molecule has 0 spiro atoms. The van der Waals surface area contributed by atoms with Gasteiger partial charge in [0.1, 0.15) is 9.84 Å². The van der Waals surface area contributed by atoms with Gasteiger partial charge in [0.25, 0.3) is 0 Å². The molecule has 0 radical (unpaired) electrons. The van der Waals surface area contributed by atoms with Gasteiger partial charge in [-0.15, -0.1) is 0 Å². The second-order valence-corrected chi connectivity index (χ2v) is 7.52. The Kier molecular flexibility index (Phi) is 3.56. The Bertz CT molecular complexity index is 342. The van der Waals surface area contributed by atoms with Crippen molar-refractivity contribution in [1.29, 1.82) is 0 Å². The van der Waals surface area contributed by atoms with Crippen molar-refractivity contribution in [1.82, 2.24) is 9.80 Å². The van der Waals surface area contributed by atoms with Gasteiger partial charge >= 0.3 is 0 Å². The van der Waals surface area contributed by atoms with E-state index in [1.807, 2.05) is 0 Å². The number of fused-ring (bicyclic) bond motifs is 1. The van der Waals surface area contributed by atoms with Gasteiger partial charge in [0.2, 0.25) is 0 Å². The van der Waals surface area contributed by atoms with Gasteiger partial charge in [-0.3, -0.25) is 9.80 Å². The molecule has 2 aliphatic rings. The lowest BCUT2D eigenvalue weighted by Gasteiger charge is -2.42. The molecule has 0 bridgehead atoms. The van der Waals surface area contributed by atoms with Crippen LogP contribution in [-0.4, -0.2) is 68.5 Å². The van der Waals surface area contributed by atoms with Crippen molar-refractivity contribution in [3.05, 3.63) is 0 Å². The standard InChI is InChI=1S/C11H22N2O2S/c1-10-8-13-5-3-4-11(13)9-12(10)6-7-16(2,14)15/h10-11H,3-9H2,1-2H3. The van der Waals surface area contributed by atoms with Crippen LogP contribution < -0.4 is 0 Å². The molecule has 2 saturated heterocycles. The van der Waals surface area contributed by atoms with Crippen molar-refractivity contribution in [2.24, 2.45) is 0 Å². The quantitative estimate of drug-likeness (QED) is 0.713. The summed E-state index contributed by atoms with van der Waals surface area (Å²) in [5.74, 6) is 0.296. The van der Waals surface area contributed by atoms with Gasteiger partial charge in [0.05, 0.1) is 5.75 Å². The van der Waals surface area contributed by atoms with Gasteiger partial charge in [0.15, 0.2) is 0 Å². The highest BCUT2D eigenvalue weighted by molar-refractivity contribution is 7.90. The largest absolute Gasteiger partial charge is 0.298 e. The normalized spacial score (nSPS) is 32.9. The maximum atomic E-state index is 11.2. The summed E-state index contributed by atoms with van der Waals surface area (Å²) < 4.78 is 22.3. The average Bonchev–Trinajstić information content (AvgIpc) is 2.59. The molecule has 16 heavy (non-hydrogen) atoms. The molecule has 0 aliphatic carbocycles.